The lowest BCUT2D eigenvalue weighted by molar-refractivity contribution is -0.121. The van der Waals surface area contributed by atoms with E-state index in [9.17, 15) is 14.4 Å². The van der Waals surface area contributed by atoms with Crippen molar-refractivity contribution in [2.24, 2.45) is 0 Å². The Morgan fingerprint density at radius 1 is 1.17 bits per heavy atom. The number of thioether (sulfide) groups is 1. The number of amides is 2. The van der Waals surface area contributed by atoms with Crippen LogP contribution in [0.15, 0.2) is 47.5 Å². The van der Waals surface area contributed by atoms with E-state index in [1.54, 1.807) is 24.4 Å². The van der Waals surface area contributed by atoms with Gasteiger partial charge in [0.15, 0.2) is 0 Å². The molecular weight excluding hydrogens is 316 g/mol. The average Bonchev–Trinajstić information content (AvgIpc) is 3.09. The van der Waals surface area contributed by atoms with E-state index in [4.69, 9.17) is 5.11 Å². The zero-order valence-corrected chi connectivity index (χ0v) is 12.9. The van der Waals surface area contributed by atoms with Crippen molar-refractivity contribution in [3.8, 4) is 5.69 Å². The predicted octanol–water partition coefficient (Wildman–Crippen LogP) is 2.84. The first-order valence-corrected chi connectivity index (χ1v) is 7.51. The molecule has 0 atom stereocenters. The van der Waals surface area contributed by atoms with Gasteiger partial charge in [0, 0.05) is 24.6 Å². The van der Waals surface area contributed by atoms with Gasteiger partial charge in [-0.3, -0.25) is 14.5 Å². The Balaban J connectivity index is 1.96. The molecule has 2 aromatic rings. The second kappa shape index (κ2) is 5.77. The maximum Gasteiger partial charge on any atom is 0.335 e. The molecule has 116 valence electrons. The summed E-state index contributed by atoms with van der Waals surface area (Å²) < 4.78 is 1.81. The predicted molar refractivity (Wildman–Crippen MR) is 86.5 cm³/mol. The summed E-state index contributed by atoms with van der Waals surface area (Å²) >= 11 is 0.898. The molecule has 0 saturated carbocycles. The molecular formula is C16H12N2O4S. The maximum atomic E-state index is 12.0. The molecule has 2 heterocycles. The summed E-state index contributed by atoms with van der Waals surface area (Å²) in [5.74, 6) is -1.31. The number of nitrogens with zero attached hydrogens (tertiary/aromatic N) is 2. The van der Waals surface area contributed by atoms with Gasteiger partial charge in [0.2, 0.25) is 0 Å². The molecule has 23 heavy (non-hydrogen) atoms. The molecule has 1 N–H and O–H groups in total. The number of carbonyl (C=O) groups excluding carboxylic acids is 2. The molecule has 3 rings (SSSR count). The fourth-order valence-corrected chi connectivity index (χ4v) is 3.00. The summed E-state index contributed by atoms with van der Waals surface area (Å²) in [5, 5.41) is 8.64. The van der Waals surface area contributed by atoms with Gasteiger partial charge in [-0.1, -0.05) is 0 Å². The van der Waals surface area contributed by atoms with Gasteiger partial charge in [0.05, 0.1) is 10.5 Å². The van der Waals surface area contributed by atoms with Gasteiger partial charge in [-0.15, -0.1) is 0 Å². The number of hydrogen-bond acceptors (Lipinski definition) is 4. The van der Waals surface area contributed by atoms with Gasteiger partial charge in [-0.05, 0) is 54.2 Å². The Labute approximate surface area is 136 Å². The number of hydrogen-bond donors (Lipinski definition) is 1. The third-order valence-corrected chi connectivity index (χ3v) is 4.40. The van der Waals surface area contributed by atoms with Crippen LogP contribution >= 0.6 is 11.8 Å². The molecule has 1 aliphatic rings. The van der Waals surface area contributed by atoms with Crippen molar-refractivity contribution in [2.45, 2.75) is 0 Å². The Kier molecular flexibility index (Phi) is 3.79. The fourth-order valence-electron chi connectivity index (χ4n) is 2.19. The van der Waals surface area contributed by atoms with Crippen molar-refractivity contribution < 1.29 is 19.5 Å². The highest BCUT2D eigenvalue weighted by Gasteiger charge is 2.31. The van der Waals surface area contributed by atoms with E-state index >= 15 is 0 Å². The van der Waals surface area contributed by atoms with Crippen LogP contribution in [0.5, 0.6) is 0 Å². The van der Waals surface area contributed by atoms with E-state index in [0.717, 1.165) is 28.0 Å². The van der Waals surface area contributed by atoms with Crippen LogP contribution in [-0.4, -0.2) is 38.7 Å². The standard InChI is InChI=1S/C16H12N2O4S/c1-17-14(19)13(23-16(17)22)9-12-3-2-8-18(12)11-6-4-10(5-7-11)15(20)21/h2-9H,1H3,(H,20,21)/b13-9-. The lowest BCUT2D eigenvalue weighted by atomic mass is 10.2. The highest BCUT2D eigenvalue weighted by molar-refractivity contribution is 8.18. The Morgan fingerprint density at radius 2 is 1.87 bits per heavy atom. The molecule has 1 fully saturated rings. The Bertz CT molecular complexity index is 836. The van der Waals surface area contributed by atoms with E-state index < -0.39 is 5.97 Å². The van der Waals surface area contributed by atoms with Crippen LogP contribution in [0.25, 0.3) is 11.8 Å². The molecule has 0 spiro atoms. The fraction of sp³-hybridized carbons (Fsp3) is 0.0625. The quantitative estimate of drug-likeness (QED) is 0.877. The largest absolute Gasteiger partial charge is 0.478 e. The van der Waals surface area contributed by atoms with Gasteiger partial charge in [-0.2, -0.15) is 0 Å². The molecule has 6 nitrogen and oxygen atoms in total. The summed E-state index contributed by atoms with van der Waals surface area (Å²) in [6.45, 7) is 0. The average molecular weight is 328 g/mol. The van der Waals surface area contributed by atoms with Crippen LogP contribution in [0.1, 0.15) is 16.1 Å². The van der Waals surface area contributed by atoms with Crippen LogP contribution in [0.4, 0.5) is 4.79 Å². The van der Waals surface area contributed by atoms with Gasteiger partial charge in [0.1, 0.15) is 0 Å². The first kappa shape index (κ1) is 15.1. The summed E-state index contributed by atoms with van der Waals surface area (Å²) in [6.07, 6.45) is 3.46. The zero-order chi connectivity index (χ0) is 16.6. The van der Waals surface area contributed by atoms with E-state index in [1.165, 1.54) is 19.2 Å². The second-order valence-electron chi connectivity index (χ2n) is 4.90. The minimum absolute atomic E-state index is 0.203. The molecule has 0 unspecified atom stereocenters. The summed E-state index contributed by atoms with van der Waals surface area (Å²) in [5.41, 5.74) is 1.70. The van der Waals surface area contributed by atoms with E-state index in [1.807, 2.05) is 16.7 Å². The topological polar surface area (TPSA) is 79.6 Å². The highest BCUT2D eigenvalue weighted by Crippen LogP contribution is 2.31. The van der Waals surface area contributed by atoms with Crippen molar-refractivity contribution >= 4 is 35.0 Å². The molecule has 2 amide bonds. The third kappa shape index (κ3) is 2.78. The molecule has 1 aromatic carbocycles. The number of likely N-dealkylation sites (N-methyl/N-ethyl adjacent to an activating group) is 1. The summed E-state index contributed by atoms with van der Waals surface area (Å²) in [7, 11) is 1.45. The first-order valence-electron chi connectivity index (χ1n) is 6.70. The molecule has 1 aliphatic heterocycles. The van der Waals surface area contributed by atoms with E-state index in [0.29, 0.717) is 4.91 Å². The minimum Gasteiger partial charge on any atom is -0.478 e. The van der Waals surface area contributed by atoms with Crippen LogP contribution in [0, 0.1) is 0 Å². The van der Waals surface area contributed by atoms with Crippen LogP contribution in [0.3, 0.4) is 0 Å². The first-order chi connectivity index (χ1) is 11.0. The number of carbonyl (C=O) groups is 3. The summed E-state index contributed by atoms with van der Waals surface area (Å²) in [4.78, 5) is 35.8. The van der Waals surface area contributed by atoms with Gasteiger partial charge < -0.3 is 9.67 Å². The van der Waals surface area contributed by atoms with Gasteiger partial charge >= 0.3 is 5.97 Å². The Morgan fingerprint density at radius 3 is 2.43 bits per heavy atom. The molecule has 1 aromatic heterocycles. The number of rotatable bonds is 3. The number of aromatic nitrogens is 1. The van der Waals surface area contributed by atoms with Crippen molar-refractivity contribution in [3.63, 3.8) is 0 Å². The number of benzene rings is 1. The Hall–Kier alpha value is -2.80. The zero-order valence-electron chi connectivity index (χ0n) is 12.1. The molecule has 0 radical (unpaired) electrons. The van der Waals surface area contributed by atoms with Crippen LogP contribution in [-0.2, 0) is 4.79 Å². The number of imide groups is 1. The third-order valence-electron chi connectivity index (χ3n) is 3.44. The van der Waals surface area contributed by atoms with Crippen molar-refractivity contribution in [1.82, 2.24) is 9.47 Å². The molecule has 0 bridgehead atoms. The summed E-state index contributed by atoms with van der Waals surface area (Å²) in [6, 6.07) is 10.0. The highest BCUT2D eigenvalue weighted by atomic mass is 32.2. The molecule has 7 heteroatoms. The SMILES string of the molecule is CN1C(=O)S/C(=C\c2cccn2-c2ccc(C(=O)O)cc2)C1=O. The minimum atomic E-state index is -0.985. The van der Waals surface area contributed by atoms with Gasteiger partial charge in [-0.25, -0.2) is 4.79 Å². The lowest BCUT2D eigenvalue weighted by Gasteiger charge is -2.07. The van der Waals surface area contributed by atoms with E-state index in [-0.39, 0.29) is 16.7 Å². The molecule has 0 aliphatic carbocycles. The van der Waals surface area contributed by atoms with Crippen LogP contribution in [0.2, 0.25) is 0 Å². The van der Waals surface area contributed by atoms with Gasteiger partial charge in [0.25, 0.3) is 11.1 Å². The maximum absolute atomic E-state index is 12.0. The van der Waals surface area contributed by atoms with Crippen molar-refractivity contribution in [2.75, 3.05) is 7.05 Å². The number of carboxylic acid groups (broad SMARTS) is 1. The lowest BCUT2D eigenvalue weighted by Crippen LogP contribution is -2.22. The number of carboxylic acids is 1. The van der Waals surface area contributed by atoms with E-state index in [2.05, 4.69) is 0 Å². The van der Waals surface area contributed by atoms with Crippen molar-refractivity contribution in [3.05, 3.63) is 58.8 Å². The normalized spacial score (nSPS) is 16.4. The monoisotopic (exact) mass is 328 g/mol. The molecule has 1 saturated heterocycles. The number of aromatic carboxylic acids is 1. The van der Waals surface area contributed by atoms with Crippen LogP contribution < -0.4 is 0 Å². The van der Waals surface area contributed by atoms with Crippen molar-refractivity contribution in [1.29, 1.82) is 0 Å². The second-order valence-corrected chi connectivity index (χ2v) is 5.89. The smallest absolute Gasteiger partial charge is 0.335 e.